The molecule has 0 spiro atoms. The third kappa shape index (κ3) is 3.07. The van der Waals surface area contributed by atoms with Crippen LogP contribution in [0.25, 0.3) is 6.08 Å². The summed E-state index contributed by atoms with van der Waals surface area (Å²) in [6, 6.07) is 11.5. The van der Waals surface area contributed by atoms with Gasteiger partial charge in [-0.15, -0.1) is 0 Å². The fourth-order valence-electron chi connectivity index (χ4n) is 7.21. The Morgan fingerprint density at radius 1 is 1.03 bits per heavy atom. The van der Waals surface area contributed by atoms with E-state index in [2.05, 4.69) is 24.3 Å². The summed E-state index contributed by atoms with van der Waals surface area (Å²) in [7, 11) is 1.78. The summed E-state index contributed by atoms with van der Waals surface area (Å²) >= 11 is 0. The number of aromatic carboxylic acids is 1. The molecule has 4 heteroatoms. The number of benzene rings is 2. The van der Waals surface area contributed by atoms with Crippen LogP contribution in [-0.4, -0.2) is 18.2 Å². The molecule has 4 fully saturated rings. The third-order valence-corrected chi connectivity index (χ3v) is 8.13. The van der Waals surface area contributed by atoms with Crippen LogP contribution >= 0.6 is 0 Å². The molecule has 4 bridgehead atoms. The fraction of sp³-hybridized carbons (Fsp3) is 0.444. The smallest absolute Gasteiger partial charge is 0.335 e. The Balaban J connectivity index is 1.36. The molecule has 1 atom stereocenters. The zero-order valence-electron chi connectivity index (χ0n) is 17.8. The van der Waals surface area contributed by atoms with Crippen LogP contribution in [0, 0.1) is 17.8 Å². The van der Waals surface area contributed by atoms with Crippen LogP contribution in [0.15, 0.2) is 42.5 Å². The average Bonchev–Trinajstić information content (AvgIpc) is 2.77. The van der Waals surface area contributed by atoms with Gasteiger partial charge in [-0.1, -0.05) is 18.2 Å². The molecule has 1 heterocycles. The zero-order chi connectivity index (χ0) is 21.2. The lowest BCUT2D eigenvalue weighted by atomic mass is 9.48. The van der Waals surface area contributed by atoms with Crippen molar-refractivity contribution < 1.29 is 19.4 Å². The van der Waals surface area contributed by atoms with E-state index in [9.17, 15) is 9.90 Å². The molecule has 0 saturated heterocycles. The average molecular weight is 417 g/mol. The molecule has 4 nitrogen and oxygen atoms in total. The first-order valence-corrected chi connectivity index (χ1v) is 11.4. The molecule has 7 rings (SSSR count). The van der Waals surface area contributed by atoms with Crippen molar-refractivity contribution in [2.45, 2.75) is 50.0 Å². The van der Waals surface area contributed by atoms with Gasteiger partial charge in [0.1, 0.15) is 17.6 Å². The molecule has 1 N–H and O–H groups in total. The minimum atomic E-state index is -0.939. The molecule has 4 aliphatic carbocycles. The van der Waals surface area contributed by atoms with E-state index in [1.807, 2.05) is 6.08 Å². The molecule has 1 aliphatic heterocycles. The molecule has 2 aromatic carbocycles. The first-order valence-electron chi connectivity index (χ1n) is 11.4. The van der Waals surface area contributed by atoms with Gasteiger partial charge in [0.05, 0.1) is 12.7 Å². The first-order chi connectivity index (χ1) is 15.0. The van der Waals surface area contributed by atoms with Gasteiger partial charge in [0, 0.05) is 11.1 Å². The van der Waals surface area contributed by atoms with E-state index >= 15 is 0 Å². The molecule has 160 valence electrons. The van der Waals surface area contributed by atoms with Gasteiger partial charge in [-0.25, -0.2) is 4.79 Å². The number of hydrogen-bond acceptors (Lipinski definition) is 3. The Labute approximate surface area is 182 Å². The van der Waals surface area contributed by atoms with Crippen LogP contribution in [0.3, 0.4) is 0 Å². The van der Waals surface area contributed by atoms with Crippen molar-refractivity contribution >= 4 is 12.0 Å². The molecule has 1 unspecified atom stereocenters. The number of fused-ring (bicyclic) bond motifs is 1. The van der Waals surface area contributed by atoms with Crippen molar-refractivity contribution in [3.8, 4) is 11.5 Å². The molecular formula is C27H28O4. The van der Waals surface area contributed by atoms with Crippen molar-refractivity contribution in [2.75, 3.05) is 7.11 Å². The van der Waals surface area contributed by atoms with E-state index < -0.39 is 5.97 Å². The molecule has 4 saturated carbocycles. The van der Waals surface area contributed by atoms with Crippen LogP contribution in [0.5, 0.6) is 11.5 Å². The number of rotatable bonds is 4. The van der Waals surface area contributed by atoms with Gasteiger partial charge in [0.2, 0.25) is 0 Å². The maximum atomic E-state index is 11.4. The summed E-state index contributed by atoms with van der Waals surface area (Å²) in [5, 5.41) is 9.33. The Morgan fingerprint density at radius 3 is 2.39 bits per heavy atom. The topological polar surface area (TPSA) is 55.8 Å². The Hall–Kier alpha value is -2.75. The predicted molar refractivity (Wildman–Crippen MR) is 119 cm³/mol. The summed E-state index contributed by atoms with van der Waals surface area (Å²) < 4.78 is 12.1. The number of methoxy groups -OCH3 is 1. The molecule has 2 aromatic rings. The van der Waals surface area contributed by atoms with E-state index in [1.54, 1.807) is 25.3 Å². The molecular weight excluding hydrogens is 388 g/mol. The summed E-state index contributed by atoms with van der Waals surface area (Å²) in [6.07, 6.45) is 12.0. The van der Waals surface area contributed by atoms with Crippen molar-refractivity contribution in [3.63, 3.8) is 0 Å². The Morgan fingerprint density at radius 2 is 1.74 bits per heavy atom. The third-order valence-electron chi connectivity index (χ3n) is 8.13. The van der Waals surface area contributed by atoms with E-state index in [-0.39, 0.29) is 17.1 Å². The first kappa shape index (κ1) is 19.0. The highest BCUT2D eigenvalue weighted by molar-refractivity contribution is 5.88. The quantitative estimate of drug-likeness (QED) is 0.663. The number of carbonyl (C=O) groups is 1. The maximum Gasteiger partial charge on any atom is 0.335 e. The second-order valence-corrected chi connectivity index (χ2v) is 10.1. The summed E-state index contributed by atoms with van der Waals surface area (Å²) in [4.78, 5) is 11.4. The maximum absolute atomic E-state index is 11.4. The zero-order valence-corrected chi connectivity index (χ0v) is 17.8. The van der Waals surface area contributed by atoms with Crippen molar-refractivity contribution in [2.24, 2.45) is 17.8 Å². The number of carboxylic acids is 1. The molecule has 0 aromatic heterocycles. The number of ether oxygens (including phenoxy) is 2. The van der Waals surface area contributed by atoms with Gasteiger partial charge in [0.25, 0.3) is 0 Å². The lowest BCUT2D eigenvalue weighted by molar-refractivity contribution is -0.00623. The SMILES string of the molecule is COc1ccc(C2C=Cc3ccc(C(=O)O)cc3O2)cc1C12CC3CC(CC(C3)C1)C2. The predicted octanol–water partition coefficient (Wildman–Crippen LogP) is 6.01. The lowest BCUT2D eigenvalue weighted by Crippen LogP contribution is -2.48. The molecule has 0 radical (unpaired) electrons. The summed E-state index contributed by atoms with van der Waals surface area (Å²) in [5.74, 6) is 3.29. The molecule has 5 aliphatic rings. The number of hydrogen-bond donors (Lipinski definition) is 1. The van der Waals surface area contributed by atoms with Gasteiger partial charge < -0.3 is 14.6 Å². The van der Waals surface area contributed by atoms with E-state index in [0.29, 0.717) is 5.75 Å². The van der Waals surface area contributed by atoms with Crippen LogP contribution in [0.1, 0.15) is 71.7 Å². The summed E-state index contributed by atoms with van der Waals surface area (Å²) in [5.41, 5.74) is 3.86. The highest BCUT2D eigenvalue weighted by Gasteiger charge is 2.52. The monoisotopic (exact) mass is 416 g/mol. The minimum Gasteiger partial charge on any atom is -0.496 e. The Kier molecular flexibility index (Phi) is 4.21. The van der Waals surface area contributed by atoms with Crippen molar-refractivity contribution in [1.82, 2.24) is 0 Å². The second kappa shape index (κ2) is 6.88. The van der Waals surface area contributed by atoms with E-state index in [1.165, 1.54) is 44.1 Å². The van der Waals surface area contributed by atoms with Crippen LogP contribution in [0.4, 0.5) is 0 Å². The van der Waals surface area contributed by atoms with Crippen molar-refractivity contribution in [3.05, 3.63) is 64.7 Å². The molecule has 0 amide bonds. The second-order valence-electron chi connectivity index (χ2n) is 10.1. The van der Waals surface area contributed by atoms with Gasteiger partial charge >= 0.3 is 5.97 Å². The Bertz CT molecular complexity index is 1050. The van der Waals surface area contributed by atoms with Gasteiger partial charge in [-0.3, -0.25) is 0 Å². The lowest BCUT2D eigenvalue weighted by Gasteiger charge is -2.57. The van der Waals surface area contributed by atoms with E-state index in [0.717, 1.165) is 34.6 Å². The molecule has 31 heavy (non-hydrogen) atoms. The van der Waals surface area contributed by atoms with Crippen LogP contribution in [-0.2, 0) is 5.41 Å². The highest BCUT2D eigenvalue weighted by atomic mass is 16.5. The highest BCUT2D eigenvalue weighted by Crippen LogP contribution is 2.62. The van der Waals surface area contributed by atoms with E-state index in [4.69, 9.17) is 9.47 Å². The van der Waals surface area contributed by atoms with Crippen LogP contribution in [0.2, 0.25) is 0 Å². The van der Waals surface area contributed by atoms with Crippen molar-refractivity contribution in [1.29, 1.82) is 0 Å². The standard InChI is InChI=1S/C27H28O4/c1-30-24-7-5-20(23-6-4-19-2-3-21(26(28)29)12-25(19)31-23)11-22(24)27-13-16-8-17(14-27)10-18(9-16)15-27/h2-7,11-12,16-18,23H,8-10,13-15H2,1H3,(H,28,29). The normalized spacial score (nSPS) is 32.4. The minimum absolute atomic E-state index is 0.227. The van der Waals surface area contributed by atoms with Gasteiger partial charge in [0.15, 0.2) is 0 Å². The summed E-state index contributed by atoms with van der Waals surface area (Å²) in [6.45, 7) is 0. The van der Waals surface area contributed by atoms with Gasteiger partial charge in [-0.05, 0) is 97.6 Å². The number of carboxylic acid groups (broad SMARTS) is 1. The van der Waals surface area contributed by atoms with Crippen LogP contribution < -0.4 is 9.47 Å². The van der Waals surface area contributed by atoms with Gasteiger partial charge in [-0.2, -0.15) is 0 Å². The fourth-order valence-corrected chi connectivity index (χ4v) is 7.21. The largest absolute Gasteiger partial charge is 0.496 e.